The zero-order valence-corrected chi connectivity index (χ0v) is 17.7. The number of hydrogen-bond donors (Lipinski definition) is 1. The lowest BCUT2D eigenvalue weighted by molar-refractivity contribution is -0.0952. The molecule has 0 radical (unpaired) electrons. The number of piperidine rings is 1. The summed E-state index contributed by atoms with van der Waals surface area (Å²) >= 11 is 0. The zero-order chi connectivity index (χ0) is 23.0. The molecule has 1 aromatic heterocycles. The van der Waals surface area contributed by atoms with Crippen LogP contribution in [-0.4, -0.2) is 58.3 Å². The van der Waals surface area contributed by atoms with Crippen LogP contribution in [-0.2, 0) is 13.0 Å². The van der Waals surface area contributed by atoms with E-state index in [-0.39, 0.29) is 11.8 Å². The van der Waals surface area contributed by atoms with Crippen molar-refractivity contribution in [2.75, 3.05) is 26.2 Å². The standard InChI is InChI=1S/C22H25F5N4O/c1-2-30-8-7-18-15(12-30)20(29-28-18)21(32)31-9-5-13(6-10-31)14-3-4-17(23)19(24)16(11-14)22(25,26)27/h3-4,13H,2,5-12H2,1H3,(H,28,29). The van der Waals surface area contributed by atoms with Gasteiger partial charge < -0.3 is 4.90 Å². The van der Waals surface area contributed by atoms with Gasteiger partial charge in [-0.05, 0) is 31.4 Å². The average molecular weight is 456 g/mol. The Labute approximate surface area is 182 Å². The number of hydrogen-bond acceptors (Lipinski definition) is 3. The molecule has 1 saturated heterocycles. The van der Waals surface area contributed by atoms with Crippen molar-refractivity contribution in [2.24, 2.45) is 5.92 Å². The lowest BCUT2D eigenvalue weighted by Crippen LogP contribution is -2.40. The molecular weight excluding hydrogens is 431 g/mol. The molecule has 1 amide bonds. The number of carbonyl (C=O) groups is 1. The minimum atomic E-state index is -4.94. The van der Waals surface area contributed by atoms with Crippen LogP contribution < -0.4 is 0 Å². The van der Waals surface area contributed by atoms with E-state index in [1.54, 1.807) is 4.90 Å². The van der Waals surface area contributed by atoms with Crippen LogP contribution in [0.1, 0.15) is 47.9 Å². The molecule has 32 heavy (non-hydrogen) atoms. The predicted molar refractivity (Wildman–Crippen MR) is 108 cm³/mol. The van der Waals surface area contributed by atoms with Crippen molar-refractivity contribution in [3.8, 4) is 0 Å². The summed E-state index contributed by atoms with van der Waals surface area (Å²) in [5.41, 5.74) is 1.13. The molecule has 2 aliphatic heterocycles. The van der Waals surface area contributed by atoms with Gasteiger partial charge in [0.2, 0.25) is 0 Å². The van der Waals surface area contributed by atoms with Gasteiger partial charge in [0.1, 0.15) is 0 Å². The normalized spacial score (nSPS) is 21.2. The van der Waals surface area contributed by atoms with Crippen molar-refractivity contribution in [3.05, 3.63) is 51.9 Å². The lowest BCUT2D eigenvalue weighted by atomic mass is 9.85. The Bertz CT molecular complexity index is 983. The largest absolute Gasteiger partial charge is 0.415 e. The molecule has 0 saturated carbocycles. The third-order valence-electron chi connectivity index (χ3n) is 6.61. The topological polar surface area (TPSA) is 52.2 Å². The van der Waals surface area contributed by atoms with E-state index in [2.05, 4.69) is 22.0 Å². The number of likely N-dealkylation sites (tertiary alicyclic amines) is 1. The zero-order valence-electron chi connectivity index (χ0n) is 17.7. The van der Waals surface area contributed by atoms with Gasteiger partial charge in [0, 0.05) is 50.3 Å². The Morgan fingerprint density at radius 2 is 1.91 bits per heavy atom. The van der Waals surface area contributed by atoms with Gasteiger partial charge in [0.15, 0.2) is 17.3 Å². The quantitative estimate of drug-likeness (QED) is 0.676. The number of allylic oxidation sites excluding steroid dienone is 6. The summed E-state index contributed by atoms with van der Waals surface area (Å²) in [6, 6.07) is 0. The highest BCUT2D eigenvalue weighted by Crippen LogP contribution is 2.41. The highest BCUT2D eigenvalue weighted by molar-refractivity contribution is 5.94. The van der Waals surface area contributed by atoms with E-state index in [0.29, 0.717) is 43.7 Å². The lowest BCUT2D eigenvalue weighted by Gasteiger charge is -2.33. The van der Waals surface area contributed by atoms with E-state index >= 15 is 0 Å². The smallest absolute Gasteiger partial charge is 0.337 e. The molecule has 0 bridgehead atoms. The van der Waals surface area contributed by atoms with Crippen LogP contribution in [0.2, 0.25) is 0 Å². The molecule has 174 valence electrons. The second-order valence-corrected chi connectivity index (χ2v) is 8.44. The second kappa shape index (κ2) is 8.80. The SMILES string of the molecule is CCN1CCc2[nH]nc(C(=O)N3CCC(C4=CC=C(F)C(F)=C(C(F)(F)F)C4)CC3)c2C1. The molecule has 5 nitrogen and oxygen atoms in total. The Morgan fingerprint density at radius 1 is 1.19 bits per heavy atom. The van der Waals surface area contributed by atoms with Crippen LogP contribution in [0.4, 0.5) is 22.0 Å². The van der Waals surface area contributed by atoms with Gasteiger partial charge >= 0.3 is 6.18 Å². The summed E-state index contributed by atoms with van der Waals surface area (Å²) in [5.74, 6) is -3.83. The number of nitrogens with zero attached hydrogens (tertiary/aromatic N) is 3. The van der Waals surface area contributed by atoms with Crippen molar-refractivity contribution in [1.82, 2.24) is 20.0 Å². The number of rotatable bonds is 3. The molecule has 1 aromatic rings. The predicted octanol–water partition coefficient (Wildman–Crippen LogP) is 4.61. The Morgan fingerprint density at radius 3 is 2.56 bits per heavy atom. The summed E-state index contributed by atoms with van der Waals surface area (Å²) in [4.78, 5) is 17.0. The van der Waals surface area contributed by atoms with Crippen LogP contribution in [0.15, 0.2) is 35.0 Å². The first-order chi connectivity index (χ1) is 15.2. The van der Waals surface area contributed by atoms with Gasteiger partial charge in [-0.25, -0.2) is 8.78 Å². The fraction of sp³-hybridized carbons (Fsp3) is 0.545. The van der Waals surface area contributed by atoms with Crippen molar-refractivity contribution in [2.45, 2.75) is 45.3 Å². The van der Waals surface area contributed by atoms with E-state index in [9.17, 15) is 26.7 Å². The maximum Gasteiger partial charge on any atom is 0.415 e. The minimum Gasteiger partial charge on any atom is -0.337 e. The first-order valence-corrected chi connectivity index (χ1v) is 10.8. The highest BCUT2D eigenvalue weighted by atomic mass is 19.4. The molecule has 3 aliphatic rings. The van der Waals surface area contributed by atoms with Gasteiger partial charge in [-0.1, -0.05) is 18.6 Å². The third kappa shape index (κ3) is 4.37. The molecule has 3 heterocycles. The molecule has 1 N–H and O–H groups in total. The van der Waals surface area contributed by atoms with Gasteiger partial charge in [0.25, 0.3) is 5.91 Å². The number of H-pyrrole nitrogens is 1. The summed E-state index contributed by atoms with van der Waals surface area (Å²) < 4.78 is 67.2. The monoisotopic (exact) mass is 456 g/mol. The van der Waals surface area contributed by atoms with Crippen LogP contribution in [0.5, 0.6) is 0 Å². The van der Waals surface area contributed by atoms with Crippen molar-refractivity contribution >= 4 is 5.91 Å². The Hall–Kier alpha value is -2.49. The number of aromatic amines is 1. The van der Waals surface area contributed by atoms with Crippen LogP contribution in [0, 0.1) is 5.92 Å². The summed E-state index contributed by atoms with van der Waals surface area (Å²) in [7, 11) is 0. The van der Waals surface area contributed by atoms with Crippen molar-refractivity contribution in [1.29, 1.82) is 0 Å². The number of carbonyl (C=O) groups excluding carboxylic acids is 1. The highest BCUT2D eigenvalue weighted by Gasteiger charge is 2.40. The average Bonchev–Trinajstić information content (AvgIpc) is 3.13. The first kappa shape index (κ1) is 22.7. The van der Waals surface area contributed by atoms with Gasteiger partial charge in [-0.2, -0.15) is 18.3 Å². The fourth-order valence-electron chi connectivity index (χ4n) is 4.64. The number of nitrogens with one attached hydrogen (secondary N) is 1. The molecule has 0 unspecified atom stereocenters. The molecule has 0 spiro atoms. The molecule has 0 aromatic carbocycles. The molecule has 1 fully saturated rings. The Balaban J connectivity index is 1.44. The van der Waals surface area contributed by atoms with Gasteiger partial charge in [-0.3, -0.25) is 14.8 Å². The third-order valence-corrected chi connectivity index (χ3v) is 6.61. The van der Waals surface area contributed by atoms with Crippen LogP contribution in [0.3, 0.4) is 0 Å². The van der Waals surface area contributed by atoms with Gasteiger partial charge in [-0.15, -0.1) is 0 Å². The number of likely N-dealkylation sites (N-methyl/N-ethyl adjacent to an activating group) is 1. The number of halogens is 5. The van der Waals surface area contributed by atoms with Crippen LogP contribution >= 0.6 is 0 Å². The first-order valence-electron chi connectivity index (χ1n) is 10.8. The molecule has 10 heteroatoms. The maximum absolute atomic E-state index is 13.9. The summed E-state index contributed by atoms with van der Waals surface area (Å²) in [6.07, 6.45) is -1.97. The number of amides is 1. The minimum absolute atomic E-state index is 0.193. The van der Waals surface area contributed by atoms with Gasteiger partial charge in [0.05, 0.1) is 5.57 Å². The van der Waals surface area contributed by atoms with E-state index in [1.807, 2.05) is 0 Å². The van der Waals surface area contributed by atoms with Crippen molar-refractivity contribution < 1.29 is 26.7 Å². The van der Waals surface area contributed by atoms with E-state index in [1.165, 1.54) is 6.08 Å². The van der Waals surface area contributed by atoms with E-state index in [4.69, 9.17) is 0 Å². The maximum atomic E-state index is 13.9. The summed E-state index contributed by atoms with van der Waals surface area (Å²) in [5, 5.41) is 7.20. The molecule has 0 atom stereocenters. The molecular formula is C22H25F5N4O. The van der Waals surface area contributed by atoms with Crippen molar-refractivity contribution in [3.63, 3.8) is 0 Å². The van der Waals surface area contributed by atoms with Crippen LogP contribution in [0.25, 0.3) is 0 Å². The number of fused-ring (bicyclic) bond motifs is 1. The van der Waals surface area contributed by atoms with E-state index in [0.717, 1.165) is 36.8 Å². The number of alkyl halides is 3. The second-order valence-electron chi connectivity index (χ2n) is 8.44. The summed E-state index contributed by atoms with van der Waals surface area (Å²) in [6.45, 7) is 5.20. The molecule has 1 aliphatic carbocycles. The Kier molecular flexibility index (Phi) is 6.24. The fourth-order valence-corrected chi connectivity index (χ4v) is 4.64. The molecule has 4 rings (SSSR count). The van der Waals surface area contributed by atoms with E-state index < -0.39 is 29.8 Å². The number of aromatic nitrogens is 2.